The van der Waals surface area contributed by atoms with E-state index >= 15 is 0 Å². The zero-order valence-corrected chi connectivity index (χ0v) is 23.2. The lowest BCUT2D eigenvalue weighted by atomic mass is 10.1. The van der Waals surface area contributed by atoms with Gasteiger partial charge in [-0.3, -0.25) is 0 Å². The smallest absolute Gasteiger partial charge is 0.236 e. The molecule has 7 nitrogen and oxygen atoms in total. The van der Waals surface area contributed by atoms with E-state index < -0.39 is 10.0 Å². The Kier molecular flexibility index (Phi) is 8.84. The SMILES string of the molecule is CCC(C)N(Cc1c(C)nn(-c2ccccc2)c1N1CCN(CC)CC1)S(=O)(=O)/C=C/c1ccccc1. The summed E-state index contributed by atoms with van der Waals surface area (Å²) in [6.07, 6.45) is 2.39. The second-order valence-corrected chi connectivity index (χ2v) is 11.4. The largest absolute Gasteiger partial charge is 0.354 e. The molecule has 1 aliphatic heterocycles. The van der Waals surface area contributed by atoms with Gasteiger partial charge in [0.15, 0.2) is 0 Å². The summed E-state index contributed by atoms with van der Waals surface area (Å²) in [5.74, 6) is 0.995. The number of piperazine rings is 1. The molecular formula is C29H39N5O2S. The number of likely N-dealkylation sites (N-methyl/N-ethyl adjacent to an activating group) is 1. The highest BCUT2D eigenvalue weighted by atomic mass is 32.2. The molecule has 2 aromatic carbocycles. The molecule has 0 saturated carbocycles. The minimum absolute atomic E-state index is 0.158. The number of anilines is 1. The molecule has 0 amide bonds. The fraction of sp³-hybridized carbons (Fsp3) is 0.414. The predicted octanol–water partition coefficient (Wildman–Crippen LogP) is 4.92. The first-order valence-corrected chi connectivity index (χ1v) is 14.7. The van der Waals surface area contributed by atoms with Crippen LogP contribution >= 0.6 is 0 Å². The molecule has 2 heterocycles. The van der Waals surface area contributed by atoms with Gasteiger partial charge in [0.25, 0.3) is 0 Å². The highest BCUT2D eigenvalue weighted by molar-refractivity contribution is 7.92. The molecule has 0 radical (unpaired) electrons. The van der Waals surface area contributed by atoms with Gasteiger partial charge >= 0.3 is 0 Å². The van der Waals surface area contributed by atoms with Gasteiger partial charge in [-0.05, 0) is 50.6 Å². The summed E-state index contributed by atoms with van der Waals surface area (Å²) in [5.41, 5.74) is 3.66. The van der Waals surface area contributed by atoms with Crippen LogP contribution in [0, 0.1) is 6.92 Å². The monoisotopic (exact) mass is 521 g/mol. The van der Waals surface area contributed by atoms with Gasteiger partial charge in [-0.2, -0.15) is 9.40 Å². The van der Waals surface area contributed by atoms with Crippen molar-refractivity contribution in [2.75, 3.05) is 37.6 Å². The van der Waals surface area contributed by atoms with Gasteiger partial charge < -0.3 is 9.80 Å². The van der Waals surface area contributed by atoms with Crippen molar-refractivity contribution in [3.8, 4) is 5.69 Å². The van der Waals surface area contributed by atoms with Gasteiger partial charge in [0.05, 0.1) is 11.4 Å². The van der Waals surface area contributed by atoms with Crippen molar-refractivity contribution >= 4 is 21.9 Å². The average molecular weight is 522 g/mol. The van der Waals surface area contributed by atoms with Crippen LogP contribution < -0.4 is 4.90 Å². The Balaban J connectivity index is 1.74. The van der Waals surface area contributed by atoms with Gasteiger partial charge in [0, 0.05) is 49.7 Å². The minimum atomic E-state index is -3.67. The van der Waals surface area contributed by atoms with Crippen molar-refractivity contribution in [1.29, 1.82) is 0 Å². The summed E-state index contributed by atoms with van der Waals surface area (Å²) >= 11 is 0. The van der Waals surface area contributed by atoms with Gasteiger partial charge in [0.1, 0.15) is 5.82 Å². The molecule has 4 rings (SSSR count). The quantitative estimate of drug-likeness (QED) is 0.379. The number of rotatable bonds is 10. The van der Waals surface area contributed by atoms with Crippen LogP contribution in [0.4, 0.5) is 5.82 Å². The fourth-order valence-electron chi connectivity index (χ4n) is 4.75. The van der Waals surface area contributed by atoms with E-state index in [0.29, 0.717) is 0 Å². The normalized spacial score (nSPS) is 16.1. The molecule has 0 spiro atoms. The Morgan fingerprint density at radius 2 is 1.59 bits per heavy atom. The zero-order valence-electron chi connectivity index (χ0n) is 22.4. The molecule has 1 saturated heterocycles. The maximum absolute atomic E-state index is 13.7. The summed E-state index contributed by atoms with van der Waals surface area (Å²) < 4.78 is 30.9. The van der Waals surface area contributed by atoms with E-state index in [1.807, 2.05) is 86.1 Å². The van der Waals surface area contributed by atoms with Crippen molar-refractivity contribution < 1.29 is 8.42 Å². The lowest BCUT2D eigenvalue weighted by Gasteiger charge is -2.36. The molecule has 1 aromatic heterocycles. The lowest BCUT2D eigenvalue weighted by Crippen LogP contribution is -2.47. The molecule has 8 heteroatoms. The Morgan fingerprint density at radius 1 is 0.973 bits per heavy atom. The van der Waals surface area contributed by atoms with Crippen molar-refractivity contribution in [2.24, 2.45) is 0 Å². The summed E-state index contributed by atoms with van der Waals surface area (Å²) in [6, 6.07) is 19.5. The van der Waals surface area contributed by atoms with Gasteiger partial charge in [-0.15, -0.1) is 0 Å². The number of aryl methyl sites for hydroxylation is 1. The first-order chi connectivity index (χ1) is 17.8. The van der Waals surface area contributed by atoms with Crippen LogP contribution in [-0.4, -0.2) is 66.2 Å². The van der Waals surface area contributed by atoms with Crippen molar-refractivity contribution in [3.63, 3.8) is 0 Å². The van der Waals surface area contributed by atoms with Gasteiger partial charge in [0.2, 0.25) is 10.0 Å². The number of benzene rings is 2. The molecule has 198 valence electrons. The molecule has 1 unspecified atom stereocenters. The van der Waals surface area contributed by atoms with E-state index in [9.17, 15) is 8.42 Å². The number of para-hydroxylation sites is 1. The van der Waals surface area contributed by atoms with Crippen LogP contribution in [0.2, 0.25) is 0 Å². The highest BCUT2D eigenvalue weighted by Gasteiger charge is 2.31. The molecule has 3 aromatic rings. The van der Waals surface area contributed by atoms with E-state index in [2.05, 4.69) is 16.7 Å². The standard InChI is InChI=1S/C29H39N5O2S/c1-5-24(3)33(37(35,36)22-17-26-13-9-7-10-14-26)23-28-25(4)30-34(27-15-11-8-12-16-27)29(28)32-20-18-31(6-2)19-21-32/h7-17,22,24H,5-6,18-21,23H2,1-4H3/b22-17+. The van der Waals surface area contributed by atoms with Crippen molar-refractivity contribution in [3.05, 3.63) is 82.9 Å². The molecule has 37 heavy (non-hydrogen) atoms. The molecule has 0 bridgehead atoms. The molecule has 0 N–H and O–H groups in total. The number of hydrogen-bond donors (Lipinski definition) is 0. The summed E-state index contributed by atoms with van der Waals surface area (Å²) in [4.78, 5) is 4.81. The minimum Gasteiger partial charge on any atom is -0.354 e. The Bertz CT molecular complexity index is 1280. The predicted molar refractivity (Wildman–Crippen MR) is 152 cm³/mol. The fourth-order valence-corrected chi connectivity index (χ4v) is 6.19. The highest BCUT2D eigenvalue weighted by Crippen LogP contribution is 2.31. The first kappa shape index (κ1) is 27.1. The second kappa shape index (κ2) is 12.1. The molecule has 1 fully saturated rings. The lowest BCUT2D eigenvalue weighted by molar-refractivity contribution is 0.269. The number of sulfonamides is 1. The van der Waals surface area contributed by atoms with Gasteiger partial charge in [-0.25, -0.2) is 13.1 Å². The van der Waals surface area contributed by atoms with Crippen molar-refractivity contribution in [1.82, 2.24) is 19.0 Å². The zero-order chi connectivity index (χ0) is 26.4. The summed E-state index contributed by atoms with van der Waals surface area (Å²) in [7, 11) is -3.67. The van der Waals surface area contributed by atoms with Crippen LogP contribution in [0.15, 0.2) is 66.1 Å². The molecule has 1 atom stereocenters. The summed E-state index contributed by atoms with van der Waals surface area (Å²) in [5, 5.41) is 6.27. The van der Waals surface area contributed by atoms with E-state index in [1.165, 1.54) is 5.41 Å². The maximum Gasteiger partial charge on any atom is 0.236 e. The summed E-state index contributed by atoms with van der Waals surface area (Å²) in [6.45, 7) is 13.2. The Morgan fingerprint density at radius 3 is 2.19 bits per heavy atom. The second-order valence-electron chi connectivity index (χ2n) is 9.62. The van der Waals surface area contributed by atoms with Crippen LogP contribution in [0.1, 0.15) is 44.0 Å². The van der Waals surface area contributed by atoms with Crippen molar-refractivity contribution in [2.45, 2.75) is 46.7 Å². The first-order valence-electron chi connectivity index (χ1n) is 13.2. The van der Waals surface area contributed by atoms with Gasteiger partial charge in [-0.1, -0.05) is 62.4 Å². The topological polar surface area (TPSA) is 61.7 Å². The molecule has 1 aliphatic rings. The third-order valence-corrected chi connectivity index (χ3v) is 8.86. The van der Waals surface area contributed by atoms with E-state index in [4.69, 9.17) is 5.10 Å². The third kappa shape index (κ3) is 6.32. The van der Waals surface area contributed by atoms with E-state index in [-0.39, 0.29) is 12.6 Å². The van der Waals surface area contributed by atoms with Crippen LogP contribution in [0.5, 0.6) is 0 Å². The van der Waals surface area contributed by atoms with E-state index in [0.717, 1.165) is 67.5 Å². The Hall–Kier alpha value is -2.94. The number of hydrogen-bond acceptors (Lipinski definition) is 5. The maximum atomic E-state index is 13.7. The molecular weight excluding hydrogens is 482 g/mol. The van der Waals surface area contributed by atoms with Crippen LogP contribution in [0.25, 0.3) is 11.8 Å². The van der Waals surface area contributed by atoms with Crippen LogP contribution in [-0.2, 0) is 16.6 Å². The Labute approximate surface area is 222 Å². The number of aromatic nitrogens is 2. The van der Waals surface area contributed by atoms with Crippen LogP contribution in [0.3, 0.4) is 0 Å². The average Bonchev–Trinajstić information content (AvgIpc) is 3.26. The van der Waals surface area contributed by atoms with E-state index in [1.54, 1.807) is 10.4 Å². The number of nitrogens with zero attached hydrogens (tertiary/aromatic N) is 5. The third-order valence-electron chi connectivity index (χ3n) is 7.23. The molecule has 0 aliphatic carbocycles.